The average molecular weight is 345 g/mol. The predicted octanol–water partition coefficient (Wildman–Crippen LogP) is 3.17. The second-order valence-corrected chi connectivity index (χ2v) is 5.22. The normalized spacial score (nSPS) is 10.5. The van der Waals surface area contributed by atoms with Gasteiger partial charge in [0.25, 0.3) is 5.91 Å². The van der Waals surface area contributed by atoms with E-state index in [-0.39, 0.29) is 18.2 Å². The van der Waals surface area contributed by atoms with Gasteiger partial charge in [-0.15, -0.1) is 0 Å². The van der Waals surface area contributed by atoms with E-state index >= 15 is 0 Å². The van der Waals surface area contributed by atoms with Crippen LogP contribution in [0.5, 0.6) is 0 Å². The van der Waals surface area contributed by atoms with E-state index in [1.807, 2.05) is 18.2 Å². The molecule has 21 heavy (non-hydrogen) atoms. The summed E-state index contributed by atoms with van der Waals surface area (Å²) >= 11 is 3.37. The maximum absolute atomic E-state index is 12.1. The maximum atomic E-state index is 12.1. The maximum Gasteiger partial charge on any atom is 0.292 e. The Kier molecular flexibility index (Phi) is 3.46. The van der Waals surface area contributed by atoms with Crippen molar-refractivity contribution in [1.29, 1.82) is 5.26 Å². The van der Waals surface area contributed by atoms with Gasteiger partial charge in [-0.2, -0.15) is 10.4 Å². The molecule has 3 aromatic rings. The number of benzene rings is 1. The lowest BCUT2D eigenvalue weighted by Crippen LogP contribution is -2.11. The first kappa shape index (κ1) is 13.4. The molecule has 1 amide bonds. The molecule has 0 unspecified atom stereocenters. The number of nitrogens with zero attached hydrogens (tertiary/aromatic N) is 3. The lowest BCUT2D eigenvalue weighted by Gasteiger charge is -1.97. The van der Waals surface area contributed by atoms with Gasteiger partial charge in [-0.3, -0.25) is 9.48 Å². The van der Waals surface area contributed by atoms with Crippen molar-refractivity contribution in [2.24, 2.45) is 0 Å². The molecule has 7 heteroatoms. The summed E-state index contributed by atoms with van der Waals surface area (Å²) in [6, 6.07) is 10.8. The molecule has 104 valence electrons. The first-order valence-electron chi connectivity index (χ1n) is 6.06. The number of carbonyl (C=O) groups excluding carboxylic acids is 1. The fraction of sp³-hybridized carbons (Fsp3) is 0.0714. The third-order valence-electron chi connectivity index (χ3n) is 2.82. The Bertz CT molecular complexity index is 859. The van der Waals surface area contributed by atoms with Crippen LogP contribution in [-0.2, 0) is 6.54 Å². The van der Waals surface area contributed by atoms with E-state index in [1.54, 1.807) is 24.4 Å². The zero-order valence-electron chi connectivity index (χ0n) is 10.7. The molecule has 2 heterocycles. The van der Waals surface area contributed by atoms with E-state index in [4.69, 9.17) is 9.68 Å². The number of nitrogens with one attached hydrogen (secondary N) is 1. The average Bonchev–Trinajstić information content (AvgIpc) is 3.05. The van der Waals surface area contributed by atoms with E-state index in [1.165, 1.54) is 4.68 Å². The Hall–Kier alpha value is -2.59. The predicted molar refractivity (Wildman–Crippen MR) is 79.7 cm³/mol. The number of nitriles is 1. The minimum Gasteiger partial charge on any atom is -0.451 e. The van der Waals surface area contributed by atoms with Crippen molar-refractivity contribution in [3.8, 4) is 6.07 Å². The summed E-state index contributed by atoms with van der Waals surface area (Å²) in [4.78, 5) is 12.1. The van der Waals surface area contributed by atoms with Crippen LogP contribution in [0, 0.1) is 11.3 Å². The van der Waals surface area contributed by atoms with Gasteiger partial charge in [-0.1, -0.05) is 15.9 Å². The lowest BCUT2D eigenvalue weighted by molar-refractivity contribution is 0.0998. The number of furan rings is 1. The molecule has 0 saturated carbocycles. The van der Waals surface area contributed by atoms with Gasteiger partial charge in [-0.05, 0) is 24.3 Å². The van der Waals surface area contributed by atoms with Crippen LogP contribution in [0.15, 0.2) is 45.4 Å². The van der Waals surface area contributed by atoms with Crippen molar-refractivity contribution in [3.63, 3.8) is 0 Å². The zero-order valence-corrected chi connectivity index (χ0v) is 12.3. The van der Waals surface area contributed by atoms with E-state index in [9.17, 15) is 4.79 Å². The fourth-order valence-corrected chi connectivity index (χ4v) is 2.27. The lowest BCUT2D eigenvalue weighted by atomic mass is 10.2. The number of amides is 1. The topological polar surface area (TPSA) is 83.9 Å². The second kappa shape index (κ2) is 5.42. The highest BCUT2D eigenvalue weighted by atomic mass is 79.9. The Morgan fingerprint density at radius 3 is 3.10 bits per heavy atom. The standard InChI is InChI=1S/C14H9BrN4O2/c15-10-1-2-11-9(7-10)8-12(21-11)14(20)17-13-3-5-19(18-13)6-4-16/h1-3,5,7-8H,6H2,(H,17,18,20). The monoisotopic (exact) mass is 344 g/mol. The molecular formula is C14H9BrN4O2. The Morgan fingerprint density at radius 1 is 1.43 bits per heavy atom. The molecule has 0 aliphatic heterocycles. The number of aromatic nitrogens is 2. The summed E-state index contributed by atoms with van der Waals surface area (Å²) in [5.74, 6) is 0.194. The molecule has 1 aromatic carbocycles. The molecule has 0 atom stereocenters. The van der Waals surface area contributed by atoms with E-state index in [0.717, 1.165) is 9.86 Å². The largest absolute Gasteiger partial charge is 0.451 e. The highest BCUT2D eigenvalue weighted by Gasteiger charge is 2.13. The molecule has 0 spiro atoms. The van der Waals surface area contributed by atoms with E-state index in [2.05, 4.69) is 26.3 Å². The van der Waals surface area contributed by atoms with Crippen LogP contribution >= 0.6 is 15.9 Å². The Balaban J connectivity index is 1.81. The zero-order chi connectivity index (χ0) is 14.8. The fourth-order valence-electron chi connectivity index (χ4n) is 1.89. The van der Waals surface area contributed by atoms with E-state index < -0.39 is 0 Å². The molecule has 0 saturated heterocycles. The van der Waals surface area contributed by atoms with Gasteiger partial charge in [0.2, 0.25) is 0 Å². The van der Waals surface area contributed by atoms with E-state index in [0.29, 0.717) is 11.4 Å². The van der Waals surface area contributed by atoms with Crippen molar-refractivity contribution in [3.05, 3.63) is 46.8 Å². The number of carbonyl (C=O) groups is 1. The molecule has 3 rings (SSSR count). The number of hydrogen-bond donors (Lipinski definition) is 1. The van der Waals surface area contributed by atoms with Gasteiger partial charge in [0.05, 0.1) is 6.07 Å². The number of rotatable bonds is 3. The first-order valence-corrected chi connectivity index (χ1v) is 6.86. The smallest absolute Gasteiger partial charge is 0.292 e. The minimum absolute atomic E-state index is 0.133. The van der Waals surface area contributed by atoms with Crippen LogP contribution in [0.4, 0.5) is 5.82 Å². The van der Waals surface area contributed by atoms with Gasteiger partial charge in [-0.25, -0.2) is 0 Å². The summed E-state index contributed by atoms with van der Waals surface area (Å²) in [7, 11) is 0. The van der Waals surface area contributed by atoms with Crippen LogP contribution in [0.2, 0.25) is 0 Å². The molecule has 0 radical (unpaired) electrons. The van der Waals surface area contributed by atoms with Crippen LogP contribution in [0.1, 0.15) is 10.6 Å². The Labute approximate surface area is 128 Å². The first-order chi connectivity index (χ1) is 10.2. The Morgan fingerprint density at radius 2 is 2.29 bits per heavy atom. The molecule has 0 aliphatic rings. The summed E-state index contributed by atoms with van der Waals surface area (Å²) in [6.45, 7) is 0.133. The third kappa shape index (κ3) is 2.80. The molecule has 0 bridgehead atoms. The molecule has 1 N–H and O–H groups in total. The summed E-state index contributed by atoms with van der Waals surface area (Å²) in [5.41, 5.74) is 0.637. The summed E-state index contributed by atoms with van der Waals surface area (Å²) < 4.78 is 7.84. The van der Waals surface area contributed by atoms with Crippen molar-refractivity contribution in [2.45, 2.75) is 6.54 Å². The highest BCUT2D eigenvalue weighted by Crippen LogP contribution is 2.23. The van der Waals surface area contributed by atoms with Crippen molar-refractivity contribution >= 4 is 38.6 Å². The van der Waals surface area contributed by atoms with Gasteiger partial charge < -0.3 is 9.73 Å². The van der Waals surface area contributed by atoms with Crippen molar-refractivity contribution in [1.82, 2.24) is 9.78 Å². The molecule has 0 aliphatic carbocycles. The van der Waals surface area contributed by atoms with Crippen LogP contribution in [0.25, 0.3) is 11.0 Å². The van der Waals surface area contributed by atoms with Gasteiger partial charge >= 0.3 is 0 Å². The number of fused-ring (bicyclic) bond motifs is 1. The number of hydrogen-bond acceptors (Lipinski definition) is 4. The molecule has 6 nitrogen and oxygen atoms in total. The summed E-state index contributed by atoms with van der Waals surface area (Å²) in [6.07, 6.45) is 1.62. The van der Waals surface area contributed by atoms with Gasteiger partial charge in [0.1, 0.15) is 12.1 Å². The highest BCUT2D eigenvalue weighted by molar-refractivity contribution is 9.10. The summed E-state index contributed by atoms with van der Waals surface area (Å²) in [5, 5.41) is 16.1. The second-order valence-electron chi connectivity index (χ2n) is 4.30. The van der Waals surface area contributed by atoms with Gasteiger partial charge in [0, 0.05) is 22.1 Å². The van der Waals surface area contributed by atoms with Crippen molar-refractivity contribution < 1.29 is 9.21 Å². The van der Waals surface area contributed by atoms with Crippen LogP contribution < -0.4 is 5.32 Å². The molecular weight excluding hydrogens is 336 g/mol. The minimum atomic E-state index is -0.385. The third-order valence-corrected chi connectivity index (χ3v) is 3.31. The number of anilines is 1. The SMILES string of the molecule is N#CCn1ccc(NC(=O)c2cc3cc(Br)ccc3o2)n1. The molecule has 2 aromatic heterocycles. The quantitative estimate of drug-likeness (QED) is 0.790. The van der Waals surface area contributed by atoms with Crippen LogP contribution in [-0.4, -0.2) is 15.7 Å². The molecule has 0 fully saturated rings. The number of halogens is 1. The van der Waals surface area contributed by atoms with Crippen LogP contribution in [0.3, 0.4) is 0 Å². The van der Waals surface area contributed by atoms with Crippen molar-refractivity contribution in [2.75, 3.05) is 5.32 Å². The van der Waals surface area contributed by atoms with Gasteiger partial charge in [0.15, 0.2) is 11.6 Å².